The van der Waals surface area contributed by atoms with Gasteiger partial charge in [-0.2, -0.15) is 5.26 Å². The van der Waals surface area contributed by atoms with Crippen molar-refractivity contribution in [3.05, 3.63) is 94.1 Å². The monoisotopic (exact) mass is 546 g/mol. The van der Waals surface area contributed by atoms with E-state index in [1.165, 1.54) is 11.8 Å². The summed E-state index contributed by atoms with van der Waals surface area (Å²) in [5.74, 6) is -0.301. The van der Waals surface area contributed by atoms with Crippen molar-refractivity contribution in [2.45, 2.75) is 39.0 Å². The number of ketones is 2. The molecule has 1 aliphatic heterocycles. The van der Waals surface area contributed by atoms with Crippen molar-refractivity contribution in [1.82, 2.24) is 0 Å². The summed E-state index contributed by atoms with van der Waals surface area (Å²) >= 11 is 4.80. The molecule has 0 fully saturated rings. The van der Waals surface area contributed by atoms with Gasteiger partial charge in [-0.25, -0.2) is 4.99 Å². The lowest BCUT2D eigenvalue weighted by atomic mass is 9.61. The van der Waals surface area contributed by atoms with E-state index < -0.39 is 11.3 Å². The Morgan fingerprint density at radius 3 is 2.51 bits per heavy atom. The molecule has 2 atom stereocenters. The van der Waals surface area contributed by atoms with Crippen molar-refractivity contribution in [2.75, 3.05) is 5.75 Å². The molecule has 0 saturated heterocycles. The van der Waals surface area contributed by atoms with Gasteiger partial charge in [0, 0.05) is 33.6 Å². The van der Waals surface area contributed by atoms with Crippen LogP contribution < -0.4 is 0 Å². The first-order valence-corrected chi connectivity index (χ1v) is 13.3. The predicted molar refractivity (Wildman–Crippen MR) is 145 cm³/mol. The SMILES string of the molecule is C=CC[C@]1(C#N)C(SCC(=O)c2ccccc2)=NC2=C(C(=O)CC(C)(C)C2)[C@H]1c1ccc(Br)cc1. The van der Waals surface area contributed by atoms with E-state index in [1.54, 1.807) is 18.2 Å². The number of nitriles is 1. The van der Waals surface area contributed by atoms with E-state index >= 15 is 0 Å². The minimum atomic E-state index is -1.12. The van der Waals surface area contributed by atoms with Crippen molar-refractivity contribution < 1.29 is 9.59 Å². The Bertz CT molecular complexity index is 1270. The van der Waals surface area contributed by atoms with Crippen LogP contribution in [-0.2, 0) is 4.79 Å². The molecule has 0 N–H and O–H groups in total. The number of hydrogen-bond donors (Lipinski definition) is 0. The van der Waals surface area contributed by atoms with Gasteiger partial charge in [-0.05, 0) is 36.0 Å². The van der Waals surface area contributed by atoms with E-state index in [1.807, 2.05) is 42.5 Å². The van der Waals surface area contributed by atoms with Crippen molar-refractivity contribution in [1.29, 1.82) is 5.26 Å². The highest BCUT2D eigenvalue weighted by molar-refractivity contribution is 9.10. The van der Waals surface area contributed by atoms with E-state index in [9.17, 15) is 14.9 Å². The number of rotatable bonds is 6. The van der Waals surface area contributed by atoms with Crippen LogP contribution in [0.3, 0.4) is 0 Å². The van der Waals surface area contributed by atoms with E-state index in [2.05, 4.69) is 42.4 Å². The van der Waals surface area contributed by atoms with Gasteiger partial charge in [0.2, 0.25) is 0 Å². The number of Topliss-reactive ketones (excluding diaryl/α,β-unsaturated/α-hetero) is 2. The highest BCUT2D eigenvalue weighted by Crippen LogP contribution is 2.55. The molecule has 0 aromatic heterocycles. The normalized spacial score (nSPS) is 23.2. The van der Waals surface area contributed by atoms with Gasteiger partial charge in [0.15, 0.2) is 11.6 Å². The molecule has 0 spiro atoms. The first kappa shape index (κ1) is 25.3. The Morgan fingerprint density at radius 2 is 1.89 bits per heavy atom. The van der Waals surface area contributed by atoms with E-state index in [0.29, 0.717) is 35.4 Å². The van der Waals surface area contributed by atoms with Gasteiger partial charge in [-0.1, -0.05) is 78.3 Å². The van der Waals surface area contributed by atoms with Crippen LogP contribution in [0.2, 0.25) is 0 Å². The van der Waals surface area contributed by atoms with Crippen LogP contribution in [0.4, 0.5) is 0 Å². The summed E-state index contributed by atoms with van der Waals surface area (Å²) in [5.41, 5.74) is 1.55. The fourth-order valence-electron chi connectivity index (χ4n) is 5.02. The third-order valence-corrected chi connectivity index (χ3v) is 8.27. The van der Waals surface area contributed by atoms with Crippen LogP contribution >= 0.6 is 27.7 Å². The van der Waals surface area contributed by atoms with Crippen molar-refractivity contribution in [3.63, 3.8) is 0 Å². The maximum atomic E-state index is 13.5. The third-order valence-electron chi connectivity index (χ3n) is 6.60. The molecule has 4 rings (SSSR count). The van der Waals surface area contributed by atoms with Gasteiger partial charge in [-0.15, -0.1) is 18.3 Å². The number of hydrogen-bond acceptors (Lipinski definition) is 5. The Hall–Kier alpha value is -2.75. The molecule has 2 aromatic carbocycles. The fourth-order valence-corrected chi connectivity index (χ4v) is 6.40. The lowest BCUT2D eigenvalue weighted by Gasteiger charge is -2.44. The molecule has 6 heteroatoms. The standard InChI is InChI=1S/C29H27BrN2O2S/c1-4-14-29(18-31)26(20-10-12-21(30)13-11-20)25-22(15-28(2,3)16-23(25)33)32-27(29)35-17-24(34)19-8-6-5-7-9-19/h4-13,26H,1,14-17H2,2-3H3/t26-,29-/m1/s1. The average Bonchev–Trinajstić information content (AvgIpc) is 2.83. The van der Waals surface area contributed by atoms with Crippen LogP contribution in [-0.4, -0.2) is 22.4 Å². The van der Waals surface area contributed by atoms with E-state index in [-0.39, 0.29) is 22.7 Å². The van der Waals surface area contributed by atoms with Gasteiger partial charge in [-0.3, -0.25) is 9.59 Å². The summed E-state index contributed by atoms with van der Waals surface area (Å²) in [7, 11) is 0. The van der Waals surface area contributed by atoms with Gasteiger partial charge in [0.05, 0.1) is 16.9 Å². The maximum Gasteiger partial charge on any atom is 0.173 e. The van der Waals surface area contributed by atoms with Gasteiger partial charge >= 0.3 is 0 Å². The molecule has 0 unspecified atom stereocenters. The molecule has 0 amide bonds. The molecule has 0 saturated carbocycles. The molecule has 178 valence electrons. The Balaban J connectivity index is 1.85. The maximum absolute atomic E-state index is 13.5. The lowest BCUT2D eigenvalue weighted by molar-refractivity contribution is -0.118. The Kier molecular flexibility index (Phi) is 7.30. The predicted octanol–water partition coefficient (Wildman–Crippen LogP) is 7.29. The number of halogens is 1. The summed E-state index contributed by atoms with van der Waals surface area (Å²) in [6, 6.07) is 19.5. The highest BCUT2D eigenvalue weighted by atomic mass is 79.9. The lowest BCUT2D eigenvalue weighted by Crippen LogP contribution is -2.43. The van der Waals surface area contributed by atoms with Gasteiger partial charge in [0.1, 0.15) is 5.41 Å². The van der Waals surface area contributed by atoms with Crippen molar-refractivity contribution in [2.24, 2.45) is 15.8 Å². The number of benzene rings is 2. The largest absolute Gasteiger partial charge is 0.294 e. The number of allylic oxidation sites excluding steroid dienone is 3. The first-order valence-electron chi connectivity index (χ1n) is 11.5. The molecule has 4 nitrogen and oxygen atoms in total. The minimum absolute atomic E-state index is 0.0243. The molecule has 1 aliphatic carbocycles. The number of carbonyl (C=O) groups is 2. The molecule has 2 aromatic rings. The summed E-state index contributed by atoms with van der Waals surface area (Å²) < 4.78 is 0.922. The van der Waals surface area contributed by atoms with Crippen molar-refractivity contribution >= 4 is 44.3 Å². The number of aliphatic imine (C=N–C) groups is 1. The number of thioether (sulfide) groups is 1. The first-order chi connectivity index (χ1) is 16.7. The molecule has 35 heavy (non-hydrogen) atoms. The van der Waals surface area contributed by atoms with Gasteiger partial charge < -0.3 is 0 Å². The summed E-state index contributed by atoms with van der Waals surface area (Å²) in [5, 5.41) is 11.3. The van der Waals surface area contributed by atoms with E-state index in [0.717, 1.165) is 15.7 Å². The van der Waals surface area contributed by atoms with Crippen LogP contribution in [0.1, 0.15) is 54.9 Å². The van der Waals surface area contributed by atoms with Crippen LogP contribution in [0.15, 0.2) is 88.0 Å². The van der Waals surface area contributed by atoms with Crippen molar-refractivity contribution in [3.8, 4) is 6.07 Å². The van der Waals surface area contributed by atoms with Crippen LogP contribution in [0.5, 0.6) is 0 Å². The average molecular weight is 548 g/mol. The molecule has 0 bridgehead atoms. The quantitative estimate of drug-likeness (QED) is 0.281. The van der Waals surface area contributed by atoms with E-state index in [4.69, 9.17) is 4.99 Å². The van der Waals surface area contributed by atoms with Crippen LogP contribution in [0, 0.1) is 22.2 Å². The fraction of sp³-hybridized carbons (Fsp3) is 0.310. The Morgan fingerprint density at radius 1 is 1.20 bits per heavy atom. The summed E-state index contributed by atoms with van der Waals surface area (Å²) in [6.45, 7) is 8.06. The highest BCUT2D eigenvalue weighted by Gasteiger charge is 2.52. The molecule has 1 heterocycles. The second kappa shape index (κ2) is 10.1. The zero-order valence-electron chi connectivity index (χ0n) is 19.9. The second-order valence-electron chi connectivity index (χ2n) is 9.86. The molecule has 2 aliphatic rings. The molecular formula is C29H27BrN2O2S. The second-order valence-corrected chi connectivity index (χ2v) is 11.7. The molecular weight excluding hydrogens is 520 g/mol. The minimum Gasteiger partial charge on any atom is -0.294 e. The van der Waals surface area contributed by atoms with Gasteiger partial charge in [0.25, 0.3) is 0 Å². The molecule has 0 radical (unpaired) electrons. The van der Waals surface area contributed by atoms with Crippen LogP contribution in [0.25, 0.3) is 0 Å². The zero-order valence-corrected chi connectivity index (χ0v) is 22.3. The number of nitrogens with zero attached hydrogens (tertiary/aromatic N) is 2. The Labute approximate surface area is 219 Å². The topological polar surface area (TPSA) is 70.3 Å². The summed E-state index contributed by atoms with van der Waals surface area (Å²) in [4.78, 5) is 31.4. The number of carbonyl (C=O) groups excluding carboxylic acids is 2. The smallest absolute Gasteiger partial charge is 0.173 e. The third kappa shape index (κ3) is 4.98. The zero-order chi connectivity index (χ0) is 25.2. The summed E-state index contributed by atoms with van der Waals surface area (Å²) in [6.07, 6.45) is 3.10.